The molecule has 0 aliphatic carbocycles. The van der Waals surface area contributed by atoms with Gasteiger partial charge in [-0.25, -0.2) is 0 Å². The predicted octanol–water partition coefficient (Wildman–Crippen LogP) is 0.154. The van der Waals surface area contributed by atoms with Crippen LogP contribution in [0, 0.1) is 11.5 Å². The fourth-order valence-electron chi connectivity index (χ4n) is 0.915. The van der Waals surface area contributed by atoms with Crippen molar-refractivity contribution in [3.05, 3.63) is 12.2 Å². The number of nitriles is 1. The molecule has 0 heterocycles. The number of hydrogen-bond acceptors (Lipinski definition) is 4. The first-order valence-corrected chi connectivity index (χ1v) is 4.64. The maximum absolute atomic E-state index is 10.9. The fraction of sp³-hybridized carbons (Fsp3) is 0.600. The van der Waals surface area contributed by atoms with E-state index < -0.39 is 5.91 Å². The van der Waals surface area contributed by atoms with Crippen molar-refractivity contribution in [2.45, 2.75) is 19.4 Å². The second-order valence-electron chi connectivity index (χ2n) is 3.58. The highest BCUT2D eigenvalue weighted by molar-refractivity contribution is 5.88. The Kier molecular flexibility index (Phi) is 6.34. The number of ether oxygens (including phenoxy) is 1. The SMILES string of the molecule is COCCNC(C)(C)C=CC(=O)NC#N. The molecule has 0 fully saturated rings. The number of amides is 1. The number of methoxy groups -OCH3 is 1. The lowest BCUT2D eigenvalue weighted by molar-refractivity contribution is -0.115. The Hall–Kier alpha value is -1.38. The first-order chi connectivity index (χ1) is 7.02. The van der Waals surface area contributed by atoms with Crippen LogP contribution in [0.25, 0.3) is 0 Å². The van der Waals surface area contributed by atoms with E-state index in [9.17, 15) is 4.79 Å². The quantitative estimate of drug-likeness (QED) is 0.284. The van der Waals surface area contributed by atoms with Gasteiger partial charge in [-0.2, -0.15) is 5.26 Å². The van der Waals surface area contributed by atoms with Gasteiger partial charge in [0.1, 0.15) is 0 Å². The summed E-state index contributed by atoms with van der Waals surface area (Å²) >= 11 is 0. The zero-order chi connectivity index (χ0) is 11.7. The minimum Gasteiger partial charge on any atom is -0.383 e. The monoisotopic (exact) mass is 211 g/mol. The molecule has 5 nitrogen and oxygen atoms in total. The minimum atomic E-state index is -0.417. The molecule has 0 unspecified atom stereocenters. The summed E-state index contributed by atoms with van der Waals surface area (Å²) in [5.41, 5.74) is -0.300. The van der Waals surface area contributed by atoms with Crippen molar-refractivity contribution in [3.63, 3.8) is 0 Å². The molecule has 5 heteroatoms. The summed E-state index contributed by atoms with van der Waals surface area (Å²) in [6.45, 7) is 5.17. The average Bonchev–Trinajstić information content (AvgIpc) is 2.16. The van der Waals surface area contributed by atoms with E-state index in [0.29, 0.717) is 13.2 Å². The van der Waals surface area contributed by atoms with Crippen molar-refractivity contribution in [1.29, 1.82) is 5.26 Å². The first kappa shape index (κ1) is 13.6. The number of nitrogens with one attached hydrogen (secondary N) is 2. The van der Waals surface area contributed by atoms with Gasteiger partial charge in [-0.1, -0.05) is 6.08 Å². The van der Waals surface area contributed by atoms with Crippen LogP contribution < -0.4 is 10.6 Å². The minimum absolute atomic E-state index is 0.300. The molecule has 84 valence electrons. The van der Waals surface area contributed by atoms with E-state index in [1.54, 1.807) is 19.4 Å². The van der Waals surface area contributed by atoms with Crippen LogP contribution in [0.4, 0.5) is 0 Å². The van der Waals surface area contributed by atoms with Crippen LogP contribution in [0.5, 0.6) is 0 Å². The topological polar surface area (TPSA) is 74.2 Å². The van der Waals surface area contributed by atoms with Crippen molar-refractivity contribution < 1.29 is 9.53 Å². The van der Waals surface area contributed by atoms with Crippen molar-refractivity contribution >= 4 is 5.91 Å². The zero-order valence-corrected chi connectivity index (χ0v) is 9.33. The van der Waals surface area contributed by atoms with E-state index in [2.05, 4.69) is 5.32 Å². The van der Waals surface area contributed by atoms with Crippen molar-refractivity contribution in [1.82, 2.24) is 10.6 Å². The van der Waals surface area contributed by atoms with Gasteiger partial charge in [0.15, 0.2) is 6.19 Å². The smallest absolute Gasteiger partial charge is 0.256 e. The van der Waals surface area contributed by atoms with Crippen LogP contribution in [0.1, 0.15) is 13.8 Å². The molecule has 2 N–H and O–H groups in total. The highest BCUT2D eigenvalue weighted by Crippen LogP contribution is 2.03. The summed E-state index contributed by atoms with van der Waals surface area (Å²) in [7, 11) is 1.63. The van der Waals surface area contributed by atoms with Crippen molar-refractivity contribution in [2.75, 3.05) is 20.3 Å². The van der Waals surface area contributed by atoms with E-state index in [-0.39, 0.29) is 5.54 Å². The largest absolute Gasteiger partial charge is 0.383 e. The van der Waals surface area contributed by atoms with Crippen LogP contribution >= 0.6 is 0 Å². The Labute approximate surface area is 90.1 Å². The summed E-state index contributed by atoms with van der Waals surface area (Å²) in [6, 6.07) is 0. The predicted molar refractivity (Wildman–Crippen MR) is 56.9 cm³/mol. The van der Waals surface area contributed by atoms with Crippen LogP contribution in [0.2, 0.25) is 0 Å². The molecule has 0 atom stereocenters. The second kappa shape index (κ2) is 6.98. The summed E-state index contributed by atoms with van der Waals surface area (Å²) in [5, 5.41) is 13.4. The molecular formula is C10H17N3O2. The van der Waals surface area contributed by atoms with Gasteiger partial charge in [-0.3, -0.25) is 10.1 Å². The Morgan fingerprint density at radius 2 is 2.27 bits per heavy atom. The van der Waals surface area contributed by atoms with Gasteiger partial charge in [-0.05, 0) is 13.8 Å². The maximum Gasteiger partial charge on any atom is 0.256 e. The Morgan fingerprint density at radius 3 is 2.80 bits per heavy atom. The molecule has 0 spiro atoms. The average molecular weight is 211 g/mol. The molecule has 0 aromatic rings. The van der Waals surface area contributed by atoms with Crippen LogP contribution in [-0.4, -0.2) is 31.7 Å². The normalized spacial score (nSPS) is 11.3. The van der Waals surface area contributed by atoms with Crippen LogP contribution in [0.3, 0.4) is 0 Å². The number of nitrogens with zero attached hydrogens (tertiary/aromatic N) is 1. The Bertz CT molecular complexity index is 266. The molecule has 0 aliphatic heterocycles. The molecule has 0 saturated carbocycles. The third kappa shape index (κ3) is 7.67. The zero-order valence-electron chi connectivity index (χ0n) is 9.33. The summed E-state index contributed by atoms with van der Waals surface area (Å²) in [4.78, 5) is 10.9. The molecule has 0 radical (unpaired) electrons. The van der Waals surface area contributed by atoms with Crippen LogP contribution in [-0.2, 0) is 9.53 Å². The highest BCUT2D eigenvalue weighted by Gasteiger charge is 2.12. The summed E-state index contributed by atoms with van der Waals surface area (Å²) in [6.07, 6.45) is 4.60. The van der Waals surface area contributed by atoms with Gasteiger partial charge in [0.2, 0.25) is 0 Å². The Balaban J connectivity index is 4.01. The van der Waals surface area contributed by atoms with Crippen molar-refractivity contribution in [3.8, 4) is 6.19 Å². The first-order valence-electron chi connectivity index (χ1n) is 4.64. The standard InChI is InChI=1S/C10H17N3O2/c1-10(2,13-6-7-15-3)5-4-9(14)12-8-11/h4-5,13H,6-7H2,1-3H3,(H,12,14). The number of hydrogen-bond donors (Lipinski definition) is 2. The molecular weight excluding hydrogens is 194 g/mol. The van der Waals surface area contributed by atoms with Gasteiger partial charge < -0.3 is 10.1 Å². The summed E-state index contributed by atoms with van der Waals surface area (Å²) < 4.78 is 4.89. The molecule has 0 rings (SSSR count). The molecule has 15 heavy (non-hydrogen) atoms. The number of rotatable bonds is 6. The molecule has 0 bridgehead atoms. The van der Waals surface area contributed by atoms with E-state index in [1.807, 2.05) is 19.2 Å². The molecule has 0 saturated heterocycles. The molecule has 0 aromatic heterocycles. The lowest BCUT2D eigenvalue weighted by Gasteiger charge is -2.21. The van der Waals surface area contributed by atoms with Gasteiger partial charge in [-0.15, -0.1) is 0 Å². The maximum atomic E-state index is 10.9. The highest BCUT2D eigenvalue weighted by atomic mass is 16.5. The molecule has 0 aliphatic rings. The van der Waals surface area contributed by atoms with Gasteiger partial charge >= 0.3 is 0 Å². The third-order valence-electron chi connectivity index (χ3n) is 1.72. The lowest BCUT2D eigenvalue weighted by atomic mass is 10.1. The summed E-state index contributed by atoms with van der Waals surface area (Å²) in [5.74, 6) is -0.417. The van der Waals surface area contributed by atoms with E-state index in [1.165, 1.54) is 6.08 Å². The van der Waals surface area contributed by atoms with E-state index in [0.717, 1.165) is 0 Å². The van der Waals surface area contributed by atoms with E-state index >= 15 is 0 Å². The van der Waals surface area contributed by atoms with E-state index in [4.69, 9.17) is 10.00 Å². The lowest BCUT2D eigenvalue weighted by Crippen LogP contribution is -2.39. The van der Waals surface area contributed by atoms with Crippen molar-refractivity contribution in [2.24, 2.45) is 0 Å². The number of carbonyl (C=O) groups excluding carboxylic acids is 1. The third-order valence-corrected chi connectivity index (χ3v) is 1.72. The molecule has 1 amide bonds. The van der Waals surface area contributed by atoms with Gasteiger partial charge in [0.05, 0.1) is 6.61 Å². The van der Waals surface area contributed by atoms with Crippen LogP contribution in [0.15, 0.2) is 12.2 Å². The second-order valence-corrected chi connectivity index (χ2v) is 3.58. The van der Waals surface area contributed by atoms with Gasteiger partial charge in [0, 0.05) is 25.3 Å². The fourth-order valence-corrected chi connectivity index (χ4v) is 0.915. The number of carbonyl (C=O) groups is 1. The Morgan fingerprint density at radius 1 is 1.60 bits per heavy atom. The molecule has 0 aromatic carbocycles. The van der Waals surface area contributed by atoms with Gasteiger partial charge in [0.25, 0.3) is 5.91 Å².